The smallest absolute Gasteiger partial charge is 0.233 e. The van der Waals surface area contributed by atoms with Crippen LogP contribution in [-0.2, 0) is 17.8 Å². The second-order valence-electron chi connectivity index (χ2n) is 5.46. The largest absolute Gasteiger partial charge is 0.383 e. The van der Waals surface area contributed by atoms with Crippen LogP contribution in [0.2, 0.25) is 0 Å². The molecule has 2 aromatic heterocycles. The van der Waals surface area contributed by atoms with Gasteiger partial charge in [0.2, 0.25) is 5.91 Å². The van der Waals surface area contributed by atoms with E-state index in [2.05, 4.69) is 15.0 Å². The number of benzene rings is 1. The molecule has 3 heterocycles. The molecule has 23 heavy (non-hydrogen) atoms. The van der Waals surface area contributed by atoms with E-state index in [1.165, 1.54) is 0 Å². The average Bonchev–Trinajstić information content (AvgIpc) is 3.19. The summed E-state index contributed by atoms with van der Waals surface area (Å²) in [6.45, 7) is 0.479. The van der Waals surface area contributed by atoms with Crippen LogP contribution in [0.15, 0.2) is 48.7 Å². The maximum atomic E-state index is 12.4. The SMILES string of the molecule is Nc1nc(-c2ccc[nH]2)nc2c1CC(=O)N2Cc1ccccc1. The lowest BCUT2D eigenvalue weighted by molar-refractivity contribution is -0.117. The maximum Gasteiger partial charge on any atom is 0.233 e. The lowest BCUT2D eigenvalue weighted by Crippen LogP contribution is -2.26. The zero-order chi connectivity index (χ0) is 15.8. The van der Waals surface area contributed by atoms with E-state index in [0.29, 0.717) is 29.6 Å². The summed E-state index contributed by atoms with van der Waals surface area (Å²) < 4.78 is 0. The molecule has 1 aliphatic rings. The molecule has 0 bridgehead atoms. The first-order chi connectivity index (χ1) is 11.2. The number of nitrogen functional groups attached to an aromatic ring is 1. The summed E-state index contributed by atoms with van der Waals surface area (Å²) in [7, 11) is 0. The minimum atomic E-state index is -0.00603. The van der Waals surface area contributed by atoms with Crippen LogP contribution in [0.1, 0.15) is 11.1 Å². The summed E-state index contributed by atoms with van der Waals surface area (Å²) >= 11 is 0. The van der Waals surface area contributed by atoms with Gasteiger partial charge in [-0.05, 0) is 17.7 Å². The molecule has 0 aliphatic carbocycles. The van der Waals surface area contributed by atoms with Crippen molar-refractivity contribution in [1.82, 2.24) is 15.0 Å². The number of fused-ring (bicyclic) bond motifs is 1. The van der Waals surface area contributed by atoms with Gasteiger partial charge in [0.05, 0.1) is 18.7 Å². The van der Waals surface area contributed by atoms with Gasteiger partial charge in [0.15, 0.2) is 5.82 Å². The van der Waals surface area contributed by atoms with Crippen molar-refractivity contribution in [3.05, 3.63) is 59.8 Å². The maximum absolute atomic E-state index is 12.4. The number of rotatable bonds is 3. The highest BCUT2D eigenvalue weighted by molar-refractivity contribution is 6.01. The fourth-order valence-electron chi connectivity index (χ4n) is 2.77. The Bertz CT molecular complexity index is 858. The third-order valence-corrected chi connectivity index (χ3v) is 3.92. The van der Waals surface area contributed by atoms with Gasteiger partial charge in [-0.1, -0.05) is 30.3 Å². The third kappa shape index (κ3) is 2.34. The van der Waals surface area contributed by atoms with Crippen molar-refractivity contribution in [2.75, 3.05) is 10.6 Å². The van der Waals surface area contributed by atoms with Crippen LogP contribution in [0.25, 0.3) is 11.5 Å². The second-order valence-corrected chi connectivity index (χ2v) is 5.46. The Hall–Kier alpha value is -3.15. The Labute approximate surface area is 133 Å². The number of carbonyl (C=O) groups is 1. The van der Waals surface area contributed by atoms with Crippen LogP contribution >= 0.6 is 0 Å². The van der Waals surface area contributed by atoms with Gasteiger partial charge in [0, 0.05) is 11.8 Å². The number of carbonyl (C=O) groups excluding carboxylic acids is 1. The lowest BCUT2D eigenvalue weighted by Gasteiger charge is -2.17. The zero-order valence-corrected chi connectivity index (χ0v) is 12.4. The Kier molecular flexibility index (Phi) is 3.08. The Morgan fingerprint density at radius 2 is 1.96 bits per heavy atom. The first-order valence-corrected chi connectivity index (χ1v) is 7.37. The molecule has 1 aliphatic heterocycles. The molecule has 0 radical (unpaired) electrons. The molecule has 0 spiro atoms. The van der Waals surface area contributed by atoms with Crippen LogP contribution in [0.3, 0.4) is 0 Å². The quantitative estimate of drug-likeness (QED) is 0.776. The molecular formula is C17H15N5O. The minimum Gasteiger partial charge on any atom is -0.383 e. The normalized spacial score (nSPS) is 13.4. The van der Waals surface area contributed by atoms with Crippen molar-refractivity contribution in [2.45, 2.75) is 13.0 Å². The number of H-pyrrole nitrogens is 1. The van der Waals surface area contributed by atoms with E-state index in [4.69, 9.17) is 5.73 Å². The highest BCUT2D eigenvalue weighted by Gasteiger charge is 2.32. The average molecular weight is 305 g/mol. The van der Waals surface area contributed by atoms with Crippen molar-refractivity contribution in [3.63, 3.8) is 0 Å². The first kappa shape index (κ1) is 13.5. The van der Waals surface area contributed by atoms with Crippen molar-refractivity contribution in [2.24, 2.45) is 0 Å². The molecule has 114 valence electrons. The Morgan fingerprint density at radius 1 is 1.13 bits per heavy atom. The molecule has 0 atom stereocenters. The van der Waals surface area contributed by atoms with Crippen molar-refractivity contribution >= 4 is 17.5 Å². The number of hydrogen-bond acceptors (Lipinski definition) is 4. The van der Waals surface area contributed by atoms with Crippen molar-refractivity contribution in [1.29, 1.82) is 0 Å². The van der Waals surface area contributed by atoms with Gasteiger partial charge in [-0.3, -0.25) is 9.69 Å². The van der Waals surface area contributed by atoms with E-state index in [1.54, 1.807) is 11.1 Å². The van der Waals surface area contributed by atoms with E-state index in [-0.39, 0.29) is 12.3 Å². The van der Waals surface area contributed by atoms with E-state index in [9.17, 15) is 4.79 Å². The van der Waals surface area contributed by atoms with E-state index >= 15 is 0 Å². The van der Waals surface area contributed by atoms with Crippen LogP contribution in [0.5, 0.6) is 0 Å². The molecule has 0 saturated carbocycles. The van der Waals surface area contributed by atoms with Crippen LogP contribution in [0.4, 0.5) is 11.6 Å². The zero-order valence-electron chi connectivity index (χ0n) is 12.4. The number of aromatic nitrogens is 3. The molecule has 0 unspecified atom stereocenters. The number of anilines is 2. The topological polar surface area (TPSA) is 87.9 Å². The monoisotopic (exact) mass is 305 g/mol. The van der Waals surface area contributed by atoms with Crippen LogP contribution in [0, 0.1) is 0 Å². The number of nitrogens with two attached hydrogens (primary N) is 1. The molecule has 0 fully saturated rings. The summed E-state index contributed by atoms with van der Waals surface area (Å²) in [6.07, 6.45) is 2.05. The van der Waals surface area contributed by atoms with Crippen LogP contribution < -0.4 is 10.6 Å². The summed E-state index contributed by atoms with van der Waals surface area (Å²) in [4.78, 5) is 26.0. The third-order valence-electron chi connectivity index (χ3n) is 3.92. The number of aromatic amines is 1. The fourth-order valence-corrected chi connectivity index (χ4v) is 2.77. The molecule has 1 amide bonds. The van der Waals surface area contributed by atoms with Crippen molar-refractivity contribution in [3.8, 4) is 11.5 Å². The van der Waals surface area contributed by atoms with E-state index in [1.807, 2.05) is 42.5 Å². The Morgan fingerprint density at radius 3 is 2.70 bits per heavy atom. The molecule has 4 rings (SSSR count). The molecule has 0 saturated heterocycles. The number of hydrogen-bond donors (Lipinski definition) is 2. The molecule has 3 aromatic rings. The van der Waals surface area contributed by atoms with Gasteiger partial charge in [-0.2, -0.15) is 0 Å². The summed E-state index contributed by atoms with van der Waals surface area (Å²) in [5.74, 6) is 1.46. The minimum absolute atomic E-state index is 0.00603. The predicted octanol–water partition coefficient (Wildman–Crippen LogP) is 2.14. The first-order valence-electron chi connectivity index (χ1n) is 7.37. The fraction of sp³-hybridized carbons (Fsp3) is 0.118. The molecular weight excluding hydrogens is 290 g/mol. The highest BCUT2D eigenvalue weighted by atomic mass is 16.2. The van der Waals surface area contributed by atoms with Gasteiger partial charge in [-0.25, -0.2) is 9.97 Å². The number of nitrogens with one attached hydrogen (secondary N) is 1. The van der Waals surface area contributed by atoms with Crippen LogP contribution in [-0.4, -0.2) is 20.9 Å². The highest BCUT2D eigenvalue weighted by Crippen LogP contribution is 2.33. The number of amides is 1. The van der Waals surface area contributed by atoms with Gasteiger partial charge in [0.1, 0.15) is 11.6 Å². The summed E-state index contributed by atoms with van der Waals surface area (Å²) in [6, 6.07) is 13.6. The van der Waals surface area contributed by atoms with Gasteiger partial charge in [0.25, 0.3) is 0 Å². The van der Waals surface area contributed by atoms with E-state index < -0.39 is 0 Å². The van der Waals surface area contributed by atoms with Gasteiger partial charge >= 0.3 is 0 Å². The van der Waals surface area contributed by atoms with Gasteiger partial charge in [-0.15, -0.1) is 0 Å². The standard InChI is InChI=1S/C17H15N5O/c18-15-12-9-14(23)22(10-11-5-2-1-3-6-11)17(12)21-16(20-15)13-7-4-8-19-13/h1-8,19H,9-10H2,(H2,18,20,21). The van der Waals surface area contributed by atoms with Gasteiger partial charge < -0.3 is 10.7 Å². The summed E-state index contributed by atoms with van der Waals surface area (Å²) in [5, 5.41) is 0. The predicted molar refractivity (Wildman–Crippen MR) is 87.6 cm³/mol. The number of nitrogens with zero attached hydrogens (tertiary/aromatic N) is 3. The second kappa shape index (κ2) is 5.24. The molecule has 6 nitrogen and oxygen atoms in total. The van der Waals surface area contributed by atoms with E-state index in [0.717, 1.165) is 11.3 Å². The summed E-state index contributed by atoms with van der Waals surface area (Å²) in [5.41, 5.74) is 8.59. The molecule has 6 heteroatoms. The lowest BCUT2D eigenvalue weighted by atomic mass is 10.2. The van der Waals surface area contributed by atoms with Crippen molar-refractivity contribution < 1.29 is 4.79 Å². The Balaban J connectivity index is 1.76. The molecule has 1 aromatic carbocycles. The molecule has 3 N–H and O–H groups in total.